The summed E-state index contributed by atoms with van der Waals surface area (Å²) in [5, 5.41) is 0. The highest BCUT2D eigenvalue weighted by Crippen LogP contribution is 2.28. The number of hydrogen-bond acceptors (Lipinski definition) is 0. The molecule has 1 unspecified atom stereocenters. The molecule has 0 fully saturated rings. The minimum absolute atomic E-state index is 0.104. The van der Waals surface area contributed by atoms with Crippen molar-refractivity contribution in [1.82, 2.24) is 0 Å². The van der Waals surface area contributed by atoms with Gasteiger partial charge in [-0.2, -0.15) is 0 Å². The maximum atomic E-state index is 13.0. The van der Waals surface area contributed by atoms with Crippen LogP contribution in [0.5, 0.6) is 0 Å². The van der Waals surface area contributed by atoms with E-state index in [0.29, 0.717) is 5.56 Å². The summed E-state index contributed by atoms with van der Waals surface area (Å²) in [6.45, 7) is 1.91. The highest BCUT2D eigenvalue weighted by atomic mass is 79.9. The van der Waals surface area contributed by atoms with Gasteiger partial charge in [-0.15, -0.1) is 0 Å². The molecule has 12 heavy (non-hydrogen) atoms. The van der Waals surface area contributed by atoms with Crippen LogP contribution in [-0.2, 0) is 0 Å². The van der Waals surface area contributed by atoms with Crippen LogP contribution in [0.25, 0.3) is 0 Å². The Morgan fingerprint density at radius 2 is 2.08 bits per heavy atom. The molecule has 0 aliphatic rings. The summed E-state index contributed by atoms with van der Waals surface area (Å²) in [4.78, 5) is -0.104. The second-order valence-electron chi connectivity index (χ2n) is 2.52. The highest BCUT2D eigenvalue weighted by Gasteiger charge is 2.13. The zero-order chi connectivity index (χ0) is 9.14. The lowest BCUT2D eigenvalue weighted by atomic mass is 10.1. The van der Waals surface area contributed by atoms with E-state index >= 15 is 0 Å². The van der Waals surface area contributed by atoms with Gasteiger partial charge in [0.15, 0.2) is 11.6 Å². The average molecular weight is 235 g/mol. The van der Waals surface area contributed by atoms with Crippen LogP contribution in [0.15, 0.2) is 18.2 Å². The molecule has 0 nitrogen and oxygen atoms in total. The molecule has 0 aliphatic carbocycles. The number of benzene rings is 1. The SMILES string of the molecule is CCC(Br)c1cccc(F)c1F. The molecule has 0 aliphatic heterocycles. The van der Waals surface area contributed by atoms with Crippen molar-refractivity contribution in [3.8, 4) is 0 Å². The molecule has 0 bridgehead atoms. The first-order valence-corrected chi connectivity index (χ1v) is 4.66. The Balaban J connectivity index is 3.07. The number of rotatable bonds is 2. The summed E-state index contributed by atoms with van der Waals surface area (Å²) in [5.74, 6) is -1.54. The molecule has 1 aromatic carbocycles. The number of hydrogen-bond donors (Lipinski definition) is 0. The van der Waals surface area contributed by atoms with Crippen molar-refractivity contribution in [2.24, 2.45) is 0 Å². The van der Waals surface area contributed by atoms with Crippen LogP contribution >= 0.6 is 15.9 Å². The topological polar surface area (TPSA) is 0 Å². The normalized spacial score (nSPS) is 13.0. The van der Waals surface area contributed by atoms with Gasteiger partial charge >= 0.3 is 0 Å². The van der Waals surface area contributed by atoms with Gasteiger partial charge in [-0.05, 0) is 12.5 Å². The molecular formula is C9H9BrF2. The third kappa shape index (κ3) is 1.83. The van der Waals surface area contributed by atoms with E-state index in [1.54, 1.807) is 6.07 Å². The number of halogens is 3. The van der Waals surface area contributed by atoms with Gasteiger partial charge in [0.25, 0.3) is 0 Å². The monoisotopic (exact) mass is 234 g/mol. The van der Waals surface area contributed by atoms with Crippen LogP contribution in [0.1, 0.15) is 23.7 Å². The Bertz CT molecular complexity index is 273. The predicted molar refractivity (Wildman–Crippen MR) is 48.3 cm³/mol. The summed E-state index contributed by atoms with van der Waals surface area (Å²) in [6, 6.07) is 4.22. The molecule has 0 radical (unpaired) electrons. The molecular weight excluding hydrogens is 226 g/mol. The Kier molecular flexibility index (Phi) is 3.20. The van der Waals surface area contributed by atoms with E-state index < -0.39 is 11.6 Å². The molecule has 3 heteroatoms. The summed E-state index contributed by atoms with van der Waals surface area (Å²) >= 11 is 3.26. The molecule has 1 rings (SSSR count). The van der Waals surface area contributed by atoms with Gasteiger partial charge in [0, 0.05) is 10.4 Å². The van der Waals surface area contributed by atoms with E-state index in [1.165, 1.54) is 6.07 Å². The zero-order valence-corrected chi connectivity index (χ0v) is 8.24. The van der Waals surface area contributed by atoms with Crippen LogP contribution in [0, 0.1) is 11.6 Å². The van der Waals surface area contributed by atoms with Gasteiger partial charge in [0.05, 0.1) is 0 Å². The van der Waals surface area contributed by atoms with E-state index in [2.05, 4.69) is 15.9 Å². The second kappa shape index (κ2) is 3.99. The van der Waals surface area contributed by atoms with Crippen molar-refractivity contribution >= 4 is 15.9 Å². The maximum absolute atomic E-state index is 13.0. The molecule has 0 N–H and O–H groups in total. The van der Waals surface area contributed by atoms with Crippen molar-refractivity contribution in [2.45, 2.75) is 18.2 Å². The Morgan fingerprint density at radius 1 is 1.42 bits per heavy atom. The fraction of sp³-hybridized carbons (Fsp3) is 0.333. The predicted octanol–water partition coefficient (Wildman–Crippen LogP) is 3.81. The average Bonchev–Trinajstić information content (AvgIpc) is 2.08. The van der Waals surface area contributed by atoms with Crippen LogP contribution in [0.2, 0.25) is 0 Å². The van der Waals surface area contributed by atoms with E-state index in [1.807, 2.05) is 6.92 Å². The molecule has 0 amide bonds. The quantitative estimate of drug-likeness (QED) is 0.683. The number of alkyl halides is 1. The van der Waals surface area contributed by atoms with E-state index in [-0.39, 0.29) is 4.83 Å². The van der Waals surface area contributed by atoms with Crippen LogP contribution in [0.4, 0.5) is 8.78 Å². The van der Waals surface area contributed by atoms with Crippen LogP contribution in [-0.4, -0.2) is 0 Å². The second-order valence-corrected chi connectivity index (χ2v) is 3.62. The lowest BCUT2D eigenvalue weighted by Gasteiger charge is -2.07. The summed E-state index contributed by atoms with van der Waals surface area (Å²) in [5.41, 5.74) is 0.387. The Hall–Kier alpha value is -0.440. The van der Waals surface area contributed by atoms with E-state index in [9.17, 15) is 8.78 Å². The first-order valence-electron chi connectivity index (χ1n) is 3.74. The standard InChI is InChI=1S/C9H9BrF2/c1-2-7(10)6-4-3-5-8(11)9(6)12/h3-5,7H,2H2,1H3. The minimum Gasteiger partial charge on any atom is -0.204 e. The van der Waals surface area contributed by atoms with Gasteiger partial charge < -0.3 is 0 Å². The van der Waals surface area contributed by atoms with Crippen molar-refractivity contribution in [1.29, 1.82) is 0 Å². The molecule has 0 saturated heterocycles. The maximum Gasteiger partial charge on any atom is 0.163 e. The highest BCUT2D eigenvalue weighted by molar-refractivity contribution is 9.09. The van der Waals surface area contributed by atoms with E-state index in [4.69, 9.17) is 0 Å². The molecule has 0 spiro atoms. The Labute approximate surface area is 78.7 Å². The third-order valence-electron chi connectivity index (χ3n) is 1.68. The first kappa shape index (κ1) is 9.65. The summed E-state index contributed by atoms with van der Waals surface area (Å²) in [6.07, 6.45) is 0.736. The molecule has 1 atom stereocenters. The lowest BCUT2D eigenvalue weighted by Crippen LogP contribution is -1.95. The van der Waals surface area contributed by atoms with Crippen LogP contribution in [0.3, 0.4) is 0 Å². The summed E-state index contributed by atoms with van der Waals surface area (Å²) < 4.78 is 25.7. The first-order chi connectivity index (χ1) is 5.66. The van der Waals surface area contributed by atoms with Crippen molar-refractivity contribution in [2.75, 3.05) is 0 Å². The zero-order valence-electron chi connectivity index (χ0n) is 6.65. The smallest absolute Gasteiger partial charge is 0.163 e. The van der Waals surface area contributed by atoms with Gasteiger partial charge in [-0.25, -0.2) is 8.78 Å². The van der Waals surface area contributed by atoms with Crippen LogP contribution < -0.4 is 0 Å². The largest absolute Gasteiger partial charge is 0.204 e. The summed E-state index contributed by atoms with van der Waals surface area (Å²) in [7, 11) is 0. The lowest BCUT2D eigenvalue weighted by molar-refractivity contribution is 0.497. The van der Waals surface area contributed by atoms with Crippen molar-refractivity contribution < 1.29 is 8.78 Å². The molecule has 0 saturated carbocycles. The van der Waals surface area contributed by atoms with Crippen molar-refractivity contribution in [3.05, 3.63) is 35.4 Å². The van der Waals surface area contributed by atoms with Gasteiger partial charge in [-0.1, -0.05) is 35.0 Å². The van der Waals surface area contributed by atoms with E-state index in [0.717, 1.165) is 12.5 Å². The molecule has 66 valence electrons. The molecule has 0 heterocycles. The minimum atomic E-state index is -0.787. The van der Waals surface area contributed by atoms with Gasteiger partial charge in [0.2, 0.25) is 0 Å². The fourth-order valence-electron chi connectivity index (χ4n) is 0.982. The molecule has 1 aromatic rings. The molecule has 0 aromatic heterocycles. The Morgan fingerprint density at radius 3 is 2.67 bits per heavy atom. The van der Waals surface area contributed by atoms with Gasteiger partial charge in [-0.3, -0.25) is 0 Å². The van der Waals surface area contributed by atoms with Crippen molar-refractivity contribution in [3.63, 3.8) is 0 Å². The van der Waals surface area contributed by atoms with Gasteiger partial charge in [0.1, 0.15) is 0 Å². The fourth-order valence-corrected chi connectivity index (χ4v) is 1.34. The third-order valence-corrected chi connectivity index (χ3v) is 2.82.